The van der Waals surface area contributed by atoms with Crippen LogP contribution >= 0.6 is 34.8 Å². The van der Waals surface area contributed by atoms with Crippen LogP contribution in [0.2, 0.25) is 15.1 Å². The van der Waals surface area contributed by atoms with Gasteiger partial charge in [-0.25, -0.2) is 13.1 Å². The van der Waals surface area contributed by atoms with Crippen LogP contribution in [-0.4, -0.2) is 58.9 Å². The first-order chi connectivity index (χ1) is 21.9. The first-order valence-corrected chi connectivity index (χ1v) is 16.0. The van der Waals surface area contributed by atoms with Gasteiger partial charge in [0.25, 0.3) is 27.7 Å². The summed E-state index contributed by atoms with van der Waals surface area (Å²) in [6.07, 6.45) is 0.137. The summed E-state index contributed by atoms with van der Waals surface area (Å²) in [5.41, 5.74) is 0.679. The van der Waals surface area contributed by atoms with Gasteiger partial charge in [-0.15, -0.1) is 0 Å². The molecule has 3 amide bonds. The van der Waals surface area contributed by atoms with Crippen molar-refractivity contribution in [3.05, 3.63) is 116 Å². The summed E-state index contributed by atoms with van der Waals surface area (Å²) >= 11 is 18.3. The molecule has 4 aromatic rings. The molecule has 1 N–H and O–H groups in total. The third-order valence-corrected chi connectivity index (χ3v) is 8.82. The van der Waals surface area contributed by atoms with Crippen molar-refractivity contribution in [2.24, 2.45) is 0 Å². The molecule has 0 aromatic heterocycles. The number of imide groups is 1. The van der Waals surface area contributed by atoms with Crippen molar-refractivity contribution in [3.8, 4) is 17.2 Å². The zero-order chi connectivity index (χ0) is 33.6. The van der Waals surface area contributed by atoms with Crippen molar-refractivity contribution >= 4 is 62.5 Å². The predicted octanol–water partition coefficient (Wildman–Crippen LogP) is 6.32. The Morgan fingerprint density at radius 3 is 1.63 bits per heavy atom. The molecule has 4 rings (SSSR count). The Balaban J connectivity index is 1.59. The highest BCUT2D eigenvalue weighted by Crippen LogP contribution is 2.29. The smallest absolute Gasteiger partial charge is 0.268 e. The lowest BCUT2D eigenvalue weighted by Crippen LogP contribution is -2.39. The van der Waals surface area contributed by atoms with Crippen LogP contribution in [0.4, 0.5) is 0 Å². The number of carbonyl (C=O) groups excluding carboxylic acids is 3. The summed E-state index contributed by atoms with van der Waals surface area (Å²) in [5.74, 6) is -1.76. The number of hydrogen-bond acceptors (Lipinski definition) is 8. The minimum absolute atomic E-state index is 0.0193. The van der Waals surface area contributed by atoms with Crippen LogP contribution in [0.1, 0.15) is 36.6 Å². The quantitative estimate of drug-likeness (QED) is 0.180. The molecule has 0 atom stereocenters. The molecule has 0 heterocycles. The molecule has 0 aliphatic rings. The summed E-state index contributed by atoms with van der Waals surface area (Å²) in [4.78, 5) is 41.2. The van der Waals surface area contributed by atoms with Gasteiger partial charge in [0.15, 0.2) is 0 Å². The molecule has 46 heavy (non-hydrogen) atoms. The van der Waals surface area contributed by atoms with Crippen LogP contribution in [0.3, 0.4) is 0 Å². The first kappa shape index (κ1) is 34.6. The molecular formula is C32H27Cl3N2O8S. The van der Waals surface area contributed by atoms with Crippen molar-refractivity contribution < 1.29 is 37.0 Å². The van der Waals surface area contributed by atoms with E-state index in [1.807, 2.05) is 4.72 Å². The van der Waals surface area contributed by atoms with E-state index in [9.17, 15) is 22.8 Å². The molecule has 0 bridgehead atoms. The number of hydrogen-bond donors (Lipinski definition) is 1. The molecule has 240 valence electrons. The number of methoxy groups -OCH3 is 3. The Labute approximate surface area is 280 Å². The molecule has 0 fully saturated rings. The Hall–Kier alpha value is -4.29. The van der Waals surface area contributed by atoms with E-state index in [1.165, 1.54) is 88.1 Å². The minimum Gasteiger partial charge on any atom is -0.496 e. The van der Waals surface area contributed by atoms with Gasteiger partial charge in [-0.3, -0.25) is 19.3 Å². The summed E-state index contributed by atoms with van der Waals surface area (Å²) in [7, 11) is -0.174. The maximum Gasteiger partial charge on any atom is 0.268 e. The third-order valence-electron chi connectivity index (χ3n) is 6.77. The van der Waals surface area contributed by atoms with Gasteiger partial charge in [0.2, 0.25) is 0 Å². The fourth-order valence-corrected chi connectivity index (χ4v) is 5.92. The van der Waals surface area contributed by atoms with E-state index < -0.39 is 27.7 Å². The highest BCUT2D eigenvalue weighted by Gasteiger charge is 2.29. The maximum atomic E-state index is 13.8. The fraction of sp³-hybridized carbons (Fsp3) is 0.156. The van der Waals surface area contributed by atoms with Gasteiger partial charge in [-0.05, 0) is 78.7 Å². The van der Waals surface area contributed by atoms with Crippen molar-refractivity contribution in [2.45, 2.75) is 11.3 Å². The summed E-state index contributed by atoms with van der Waals surface area (Å²) < 4.78 is 43.8. The van der Waals surface area contributed by atoms with Crippen LogP contribution in [0.25, 0.3) is 0 Å². The highest BCUT2D eigenvalue weighted by atomic mass is 35.5. The van der Waals surface area contributed by atoms with Gasteiger partial charge < -0.3 is 14.2 Å². The molecule has 0 saturated carbocycles. The van der Waals surface area contributed by atoms with Crippen molar-refractivity contribution in [1.29, 1.82) is 0 Å². The lowest BCUT2D eigenvalue weighted by molar-refractivity contribution is 0.0614. The van der Waals surface area contributed by atoms with Gasteiger partial charge in [0.05, 0.1) is 42.9 Å². The van der Waals surface area contributed by atoms with E-state index >= 15 is 0 Å². The number of carbonyl (C=O) groups is 3. The summed E-state index contributed by atoms with van der Waals surface area (Å²) in [6, 6.07) is 18.7. The minimum atomic E-state index is -4.27. The van der Waals surface area contributed by atoms with Crippen molar-refractivity contribution in [1.82, 2.24) is 9.62 Å². The van der Waals surface area contributed by atoms with E-state index in [4.69, 9.17) is 49.0 Å². The molecule has 14 heteroatoms. The van der Waals surface area contributed by atoms with Gasteiger partial charge in [0.1, 0.15) is 17.2 Å². The Kier molecular flexibility index (Phi) is 11.2. The summed E-state index contributed by atoms with van der Waals surface area (Å²) in [6.45, 7) is -0.123. The standard InChI is InChI=1S/C32H27Cl3N2O8S/c1-43-27-12-7-20(33)16-25(27)31(39)37(32(40)26-17-21(34)8-13-28(26)44-2)15-14-19-4-9-23(10-5-19)46(41,42)36-30(38)24-11-6-22(35)18-29(24)45-3/h4-13,16-18H,14-15H2,1-3H3,(H,36,38). The van der Waals surface area contributed by atoms with E-state index in [0.29, 0.717) is 10.6 Å². The van der Waals surface area contributed by atoms with Gasteiger partial charge in [0, 0.05) is 21.6 Å². The van der Waals surface area contributed by atoms with Crippen molar-refractivity contribution in [2.75, 3.05) is 27.9 Å². The molecule has 0 unspecified atom stereocenters. The molecule has 10 nitrogen and oxygen atoms in total. The average molecular weight is 706 g/mol. The second-order valence-corrected chi connectivity index (χ2v) is 12.6. The van der Waals surface area contributed by atoms with Gasteiger partial charge in [-0.1, -0.05) is 46.9 Å². The summed E-state index contributed by atoms with van der Waals surface area (Å²) in [5, 5.41) is 0.831. The molecule has 0 spiro atoms. The number of rotatable bonds is 11. The van der Waals surface area contributed by atoms with Crippen LogP contribution < -0.4 is 18.9 Å². The first-order valence-electron chi connectivity index (χ1n) is 13.4. The zero-order valence-electron chi connectivity index (χ0n) is 24.7. The molecule has 0 radical (unpaired) electrons. The van der Waals surface area contributed by atoms with Crippen molar-refractivity contribution in [3.63, 3.8) is 0 Å². The van der Waals surface area contributed by atoms with E-state index in [0.717, 1.165) is 4.90 Å². The topological polar surface area (TPSA) is 128 Å². The highest BCUT2D eigenvalue weighted by molar-refractivity contribution is 7.90. The number of nitrogens with zero attached hydrogens (tertiary/aromatic N) is 1. The Morgan fingerprint density at radius 2 is 1.13 bits per heavy atom. The Bertz CT molecular complexity index is 1830. The van der Waals surface area contributed by atoms with E-state index in [2.05, 4.69) is 0 Å². The zero-order valence-corrected chi connectivity index (χ0v) is 27.8. The molecular weight excluding hydrogens is 679 g/mol. The molecule has 0 aliphatic carbocycles. The molecule has 0 saturated heterocycles. The number of sulfonamides is 1. The largest absolute Gasteiger partial charge is 0.496 e. The number of amides is 3. The predicted molar refractivity (Wildman–Crippen MR) is 174 cm³/mol. The lowest BCUT2D eigenvalue weighted by atomic mass is 10.1. The maximum absolute atomic E-state index is 13.8. The number of benzene rings is 4. The molecule has 4 aromatic carbocycles. The van der Waals surface area contributed by atoms with Gasteiger partial charge >= 0.3 is 0 Å². The van der Waals surface area contributed by atoms with Crippen LogP contribution in [-0.2, 0) is 16.4 Å². The molecule has 0 aliphatic heterocycles. The number of ether oxygens (including phenoxy) is 3. The second-order valence-electron chi connectivity index (χ2n) is 9.62. The Morgan fingerprint density at radius 1 is 0.652 bits per heavy atom. The second kappa shape index (κ2) is 14.9. The van der Waals surface area contributed by atoms with Crippen LogP contribution in [0.5, 0.6) is 17.2 Å². The van der Waals surface area contributed by atoms with Crippen LogP contribution in [0.15, 0.2) is 83.8 Å². The SMILES string of the molecule is COc1cc(Cl)ccc1C(=O)NS(=O)(=O)c1ccc(CCN(C(=O)c2cc(Cl)ccc2OC)C(=O)c2cc(Cl)ccc2OC)cc1. The fourth-order valence-electron chi connectivity index (χ4n) is 4.45. The number of halogens is 3. The van der Waals surface area contributed by atoms with Gasteiger partial charge in [-0.2, -0.15) is 0 Å². The van der Waals surface area contributed by atoms with E-state index in [1.54, 1.807) is 12.1 Å². The third kappa shape index (κ3) is 7.91. The number of nitrogens with one attached hydrogen (secondary N) is 1. The normalized spacial score (nSPS) is 11.0. The average Bonchev–Trinajstić information content (AvgIpc) is 3.04. The van der Waals surface area contributed by atoms with Crippen LogP contribution in [0, 0.1) is 0 Å². The lowest BCUT2D eigenvalue weighted by Gasteiger charge is -2.23. The van der Waals surface area contributed by atoms with E-state index in [-0.39, 0.29) is 61.8 Å². The monoisotopic (exact) mass is 704 g/mol.